The van der Waals surface area contributed by atoms with Crippen LogP contribution >= 0.6 is 136 Å². The molecule has 0 radical (unpaired) electrons. The molecule has 0 heterocycles. The predicted molar refractivity (Wildman–Crippen MR) is 274 cm³/mol. The van der Waals surface area contributed by atoms with Crippen molar-refractivity contribution in [3.8, 4) is 0 Å². The summed E-state index contributed by atoms with van der Waals surface area (Å²) in [5, 5.41) is 81.6. The number of hydrogen-bond donors (Lipinski definition) is 12. The molecule has 0 aliphatic rings. The Morgan fingerprint density at radius 1 is 0.581 bits per heavy atom. The lowest BCUT2D eigenvalue weighted by Gasteiger charge is -2.33. The van der Waals surface area contributed by atoms with Gasteiger partial charge in [-0.05, 0) is 136 Å². The van der Waals surface area contributed by atoms with E-state index in [9.17, 15) is 59.7 Å². The SMILES string of the molecule is COCC(=O)Nc1c(I)c(C(=O)NCC(O)CO)c(I)c(C(=O)[N+](C)(C(=O)CNCC(O)COC)c2c(I)c(C(=O)NCC(O)CO)c(I)c(C(=O)NCC(O)CO)c2I)c1I. The molecule has 12 N–H and O–H groups in total. The Labute approximate surface area is 437 Å². The molecule has 0 saturated heterocycles. The van der Waals surface area contributed by atoms with Crippen LogP contribution in [0.4, 0.5) is 11.4 Å². The molecule has 5 atom stereocenters. The number of quaternary nitrogens is 1. The molecule has 5 unspecified atom stereocenters. The first-order chi connectivity index (χ1) is 29.1. The van der Waals surface area contributed by atoms with E-state index in [2.05, 4.69) is 26.6 Å². The first-order valence-electron chi connectivity index (χ1n) is 17.8. The highest BCUT2D eigenvalue weighted by Crippen LogP contribution is 2.44. The highest BCUT2D eigenvalue weighted by atomic mass is 127. The summed E-state index contributed by atoms with van der Waals surface area (Å²) in [6.07, 6.45) is -5.21. The van der Waals surface area contributed by atoms with E-state index in [1.807, 2.05) is 0 Å². The van der Waals surface area contributed by atoms with Crippen molar-refractivity contribution in [3.05, 3.63) is 43.7 Å². The predicted octanol–water partition coefficient (Wildman–Crippen LogP) is -0.951. The molecule has 346 valence electrons. The lowest BCUT2D eigenvalue weighted by molar-refractivity contribution is -0.126. The number of nitrogens with zero attached hydrogens (tertiary/aromatic N) is 1. The highest BCUT2D eigenvalue weighted by Gasteiger charge is 2.50. The molecule has 0 bridgehead atoms. The molecular weight excluding hydrogens is 1510 g/mol. The maximum atomic E-state index is 15.7. The van der Waals surface area contributed by atoms with E-state index in [0.717, 1.165) is 0 Å². The van der Waals surface area contributed by atoms with Crippen molar-refractivity contribution in [1.29, 1.82) is 0 Å². The van der Waals surface area contributed by atoms with Crippen LogP contribution in [-0.4, -0.2) is 183 Å². The third-order valence-electron chi connectivity index (χ3n) is 8.54. The molecule has 0 aliphatic heterocycles. The molecule has 21 nitrogen and oxygen atoms in total. The summed E-state index contributed by atoms with van der Waals surface area (Å²) in [4.78, 5) is 85.6. The maximum Gasteiger partial charge on any atom is 0.360 e. The Balaban J connectivity index is 3.26. The van der Waals surface area contributed by atoms with Gasteiger partial charge in [-0.25, -0.2) is 9.59 Å². The van der Waals surface area contributed by atoms with E-state index < -0.39 is 117 Å². The smallest absolute Gasteiger partial charge is 0.360 e. The zero-order valence-electron chi connectivity index (χ0n) is 33.0. The van der Waals surface area contributed by atoms with Crippen LogP contribution in [0.2, 0.25) is 0 Å². The first kappa shape index (κ1) is 57.7. The van der Waals surface area contributed by atoms with E-state index in [-0.39, 0.29) is 68.2 Å². The number of benzene rings is 2. The van der Waals surface area contributed by atoms with E-state index >= 15 is 4.79 Å². The molecule has 6 amide bonds. The zero-order valence-corrected chi connectivity index (χ0v) is 45.9. The number of rotatable bonds is 23. The normalized spacial score (nSPS) is 14.3. The summed E-state index contributed by atoms with van der Waals surface area (Å²) in [6.45, 7) is -4.74. The van der Waals surface area contributed by atoms with E-state index in [1.54, 1.807) is 136 Å². The first-order valence-corrected chi connectivity index (χ1v) is 24.3. The van der Waals surface area contributed by atoms with Gasteiger partial charge in [0.25, 0.3) is 17.7 Å². The van der Waals surface area contributed by atoms with E-state index in [4.69, 9.17) is 9.47 Å². The van der Waals surface area contributed by atoms with Gasteiger partial charge in [0.2, 0.25) is 5.91 Å². The Morgan fingerprint density at radius 3 is 1.39 bits per heavy atom. The Kier molecular flexibility index (Phi) is 25.5. The number of aliphatic hydroxyl groups is 7. The largest absolute Gasteiger partial charge is 0.394 e. The van der Waals surface area contributed by atoms with Gasteiger partial charge in [-0.1, -0.05) is 0 Å². The van der Waals surface area contributed by atoms with Gasteiger partial charge < -0.3 is 71.8 Å². The number of likely N-dealkylation sites (N-methyl/N-ethyl adjacent to an activating group) is 1. The summed E-state index contributed by atoms with van der Waals surface area (Å²) in [6, 6.07) is 0. The molecular formula is C35H45I6N6O15+. The summed E-state index contributed by atoms with van der Waals surface area (Å²) >= 11 is 10.5. The Bertz CT molecular complexity index is 1950. The fourth-order valence-electron chi connectivity index (χ4n) is 5.32. The average molecular weight is 1550 g/mol. The minimum Gasteiger partial charge on any atom is -0.394 e. The summed E-state index contributed by atoms with van der Waals surface area (Å²) in [5.74, 6) is -5.22. The van der Waals surface area contributed by atoms with Crippen LogP contribution < -0.4 is 31.1 Å². The van der Waals surface area contributed by atoms with Gasteiger partial charge in [-0.15, -0.1) is 0 Å². The minimum absolute atomic E-state index is 0.0185. The molecule has 62 heavy (non-hydrogen) atoms. The van der Waals surface area contributed by atoms with Crippen molar-refractivity contribution >= 4 is 182 Å². The fraction of sp³-hybridized carbons (Fsp3) is 0.486. The molecule has 2 aromatic rings. The van der Waals surface area contributed by atoms with Crippen molar-refractivity contribution in [3.63, 3.8) is 0 Å². The fourth-order valence-corrected chi connectivity index (χ4v) is 14.8. The summed E-state index contributed by atoms with van der Waals surface area (Å²) in [7, 11) is 3.83. The lowest BCUT2D eigenvalue weighted by atomic mass is 10.0. The molecule has 0 fully saturated rings. The van der Waals surface area contributed by atoms with Crippen LogP contribution in [0.5, 0.6) is 0 Å². The molecule has 0 aromatic heterocycles. The van der Waals surface area contributed by atoms with Crippen LogP contribution in [0.3, 0.4) is 0 Å². The third-order valence-corrected chi connectivity index (χ3v) is 15.0. The lowest BCUT2D eigenvalue weighted by Crippen LogP contribution is -2.60. The number of ether oxygens (including phenoxy) is 2. The Morgan fingerprint density at radius 2 is 0.984 bits per heavy atom. The minimum atomic E-state index is -1.38. The van der Waals surface area contributed by atoms with Gasteiger partial charge in [0, 0.05) is 47.5 Å². The van der Waals surface area contributed by atoms with Crippen LogP contribution in [0.15, 0.2) is 0 Å². The molecule has 27 heteroatoms. The van der Waals surface area contributed by atoms with Crippen molar-refractivity contribution in [1.82, 2.24) is 25.8 Å². The number of anilines is 1. The zero-order chi connectivity index (χ0) is 47.2. The van der Waals surface area contributed by atoms with E-state index in [0.29, 0.717) is 0 Å². The van der Waals surface area contributed by atoms with Gasteiger partial charge in [0.15, 0.2) is 5.69 Å². The van der Waals surface area contributed by atoms with Crippen LogP contribution in [0.1, 0.15) is 41.4 Å². The summed E-state index contributed by atoms with van der Waals surface area (Å²) < 4.78 is 8.73. The molecule has 0 aliphatic carbocycles. The number of halogens is 6. The van der Waals surface area contributed by atoms with E-state index in [1.165, 1.54) is 21.3 Å². The van der Waals surface area contributed by atoms with Crippen LogP contribution in [-0.2, 0) is 19.1 Å². The van der Waals surface area contributed by atoms with Gasteiger partial charge in [-0.2, -0.15) is 4.48 Å². The second-order valence-corrected chi connectivity index (χ2v) is 19.6. The molecule has 0 saturated carbocycles. The second-order valence-electron chi connectivity index (χ2n) is 13.2. The topological polar surface area (TPSA) is 323 Å². The van der Waals surface area contributed by atoms with Gasteiger partial charge in [0.05, 0.1) is 94.5 Å². The van der Waals surface area contributed by atoms with Gasteiger partial charge in [-0.3, -0.25) is 19.2 Å². The van der Waals surface area contributed by atoms with Crippen LogP contribution in [0, 0.1) is 21.4 Å². The molecule has 0 spiro atoms. The standard InChI is InChI=1S/C35H44I6N6O15/c1-47(19(56)8-42-4-17(54)12-61-2,31-28(40)21(33(58)44-6-15(52)10-49)24(36)22(29(31)41)34(59)45-7-16(53)11-50)35(60)23-25(37)20(32(57)43-5-14(51)9-48)26(38)30(27(23)39)46-18(55)13-62-3/h14-17,42,48-54H,4-13H2,1-3H3,(H3-,43,44,45,46,55,57,58,59)/p+1. The van der Waals surface area contributed by atoms with Gasteiger partial charge >= 0.3 is 11.8 Å². The van der Waals surface area contributed by atoms with Crippen LogP contribution in [0.25, 0.3) is 0 Å². The molecule has 2 rings (SSSR count). The highest BCUT2D eigenvalue weighted by molar-refractivity contribution is 14.1. The van der Waals surface area contributed by atoms with Crippen molar-refractivity contribution in [2.45, 2.75) is 24.4 Å². The number of carbonyl (C=O) groups is 6. The number of methoxy groups -OCH3 is 2. The number of nitrogens with one attached hydrogen (secondary N) is 5. The Hall–Kier alpha value is -0.400. The average Bonchev–Trinajstić information content (AvgIpc) is 3.22. The number of carbonyl (C=O) groups excluding carboxylic acids is 6. The third kappa shape index (κ3) is 14.6. The van der Waals surface area contributed by atoms with Crippen molar-refractivity contribution in [2.75, 3.05) is 92.3 Å². The maximum absolute atomic E-state index is 15.7. The quantitative estimate of drug-likeness (QED) is 0.0472. The summed E-state index contributed by atoms with van der Waals surface area (Å²) in [5.41, 5.74) is -1.13. The monoisotopic (exact) mass is 1550 g/mol. The van der Waals surface area contributed by atoms with Gasteiger partial charge in [0.1, 0.15) is 18.7 Å². The number of imide groups is 1. The number of amides is 6. The van der Waals surface area contributed by atoms with Crippen molar-refractivity contribution in [2.24, 2.45) is 0 Å². The second kappa shape index (κ2) is 27.4. The molecule has 2 aromatic carbocycles. The van der Waals surface area contributed by atoms with Crippen molar-refractivity contribution < 1.29 is 74.0 Å². The number of aliphatic hydroxyl groups excluding tert-OH is 7. The number of hydrogen-bond acceptors (Lipinski definition) is 16.